The fraction of sp³-hybridized carbons (Fsp3) is 0.615. The van der Waals surface area contributed by atoms with Gasteiger partial charge in [-0.05, 0) is 81.6 Å². The third-order valence-electron chi connectivity index (χ3n) is 11.3. The van der Waals surface area contributed by atoms with Crippen LogP contribution in [-0.2, 0) is 24.8 Å². The molecule has 3 atom stereocenters. The molecule has 1 amide bonds. The third-order valence-corrected chi connectivity index (χ3v) is 11.3. The van der Waals surface area contributed by atoms with Crippen LogP contribution in [0.5, 0.6) is 0 Å². The van der Waals surface area contributed by atoms with Crippen LogP contribution in [0.3, 0.4) is 0 Å². The summed E-state index contributed by atoms with van der Waals surface area (Å²) >= 11 is 0. The van der Waals surface area contributed by atoms with Crippen LogP contribution >= 0.6 is 0 Å². The topological polar surface area (TPSA) is 95.6 Å². The van der Waals surface area contributed by atoms with E-state index in [9.17, 15) is 13.6 Å². The third kappa shape index (κ3) is 9.54. The Morgan fingerprint density at radius 3 is 2.68 bits per heavy atom. The summed E-state index contributed by atoms with van der Waals surface area (Å²) in [4.78, 5) is 30.6. The minimum Gasteiger partial charge on any atom is -0.349 e. The van der Waals surface area contributed by atoms with Gasteiger partial charge in [0, 0.05) is 83.5 Å². The van der Waals surface area contributed by atoms with Crippen molar-refractivity contribution in [2.75, 3.05) is 45.8 Å². The number of nitrogens with zero attached hydrogens (tertiary/aromatic N) is 6. The Bertz CT molecular complexity index is 1490. The molecule has 0 radical (unpaired) electrons. The molecule has 9 nitrogen and oxygen atoms in total. The van der Waals surface area contributed by atoms with Crippen molar-refractivity contribution in [2.24, 2.45) is 18.7 Å². The van der Waals surface area contributed by atoms with Crippen LogP contribution in [0, 0.1) is 5.92 Å². The van der Waals surface area contributed by atoms with E-state index >= 15 is 0 Å². The van der Waals surface area contributed by atoms with Crippen LogP contribution in [0.15, 0.2) is 61.2 Å². The number of pyridine rings is 1. The van der Waals surface area contributed by atoms with Crippen molar-refractivity contribution in [3.8, 4) is 0 Å². The number of imidazole rings is 1. The van der Waals surface area contributed by atoms with Gasteiger partial charge in [0.2, 0.25) is 11.8 Å². The maximum absolute atomic E-state index is 13.9. The molecule has 3 aliphatic rings. The molecule has 3 N–H and O–H groups in total. The smallest absolute Gasteiger partial charge is 0.248 e. The molecule has 3 heterocycles. The van der Waals surface area contributed by atoms with Crippen LogP contribution < -0.4 is 11.1 Å². The van der Waals surface area contributed by atoms with E-state index in [1.807, 2.05) is 36.9 Å². The minimum atomic E-state index is -2.65. The molecular weight excluding hydrogens is 634 g/mol. The fourth-order valence-electron chi connectivity index (χ4n) is 8.24. The lowest BCUT2D eigenvalue weighted by molar-refractivity contribution is -0.130. The fourth-order valence-corrected chi connectivity index (χ4v) is 8.24. The summed E-state index contributed by atoms with van der Waals surface area (Å²) in [6.07, 6.45) is 12.0. The van der Waals surface area contributed by atoms with E-state index in [4.69, 9.17) is 10.7 Å². The van der Waals surface area contributed by atoms with Gasteiger partial charge in [0.05, 0.1) is 29.8 Å². The van der Waals surface area contributed by atoms with Crippen LogP contribution in [0.25, 0.3) is 0 Å². The standard InChI is InChI=1S/C39H56F2N8O/c1-46-29-43-25-33(46)27-48-24-23-47(22-16-35(30-9-3-2-4-10-30)45-38(50)32-14-17-39(40,41)18-15-32)26-34(48)28-49(21-6-5-19-42)36-13-7-11-31-12-8-20-44-37(31)36/h2-4,8-10,12,20,25,29,32,34-36H,5-7,11,13-19,21-24,26-28,42H2,1H3,(H,45,50)/t34-,35+,36+/m1/s1. The number of rotatable bonds is 15. The van der Waals surface area contributed by atoms with Gasteiger partial charge in [0.15, 0.2) is 0 Å². The van der Waals surface area contributed by atoms with E-state index < -0.39 is 5.92 Å². The van der Waals surface area contributed by atoms with Gasteiger partial charge in [-0.2, -0.15) is 0 Å². The van der Waals surface area contributed by atoms with Crippen LogP contribution in [0.1, 0.15) is 92.4 Å². The molecule has 0 spiro atoms. The van der Waals surface area contributed by atoms with E-state index in [0.29, 0.717) is 18.6 Å². The predicted octanol–water partition coefficient (Wildman–Crippen LogP) is 5.49. The number of amides is 1. The molecule has 1 saturated carbocycles. The first-order valence-electron chi connectivity index (χ1n) is 18.8. The molecule has 1 aromatic carbocycles. The van der Waals surface area contributed by atoms with Gasteiger partial charge in [-0.25, -0.2) is 13.8 Å². The van der Waals surface area contributed by atoms with Crippen molar-refractivity contribution in [1.82, 2.24) is 34.6 Å². The lowest BCUT2D eigenvalue weighted by Gasteiger charge is -2.45. The molecule has 2 aromatic heterocycles. The number of benzene rings is 1. The van der Waals surface area contributed by atoms with Crippen LogP contribution in [-0.4, -0.2) is 92.9 Å². The summed E-state index contributed by atoms with van der Waals surface area (Å²) < 4.78 is 29.8. The molecule has 272 valence electrons. The highest BCUT2D eigenvalue weighted by atomic mass is 19.3. The van der Waals surface area contributed by atoms with Crippen molar-refractivity contribution < 1.29 is 13.6 Å². The van der Waals surface area contributed by atoms with Crippen molar-refractivity contribution >= 4 is 5.91 Å². The van der Waals surface area contributed by atoms with Gasteiger partial charge in [0.1, 0.15) is 0 Å². The lowest BCUT2D eigenvalue weighted by atomic mass is 9.86. The Labute approximate surface area is 296 Å². The maximum Gasteiger partial charge on any atom is 0.248 e. The van der Waals surface area contributed by atoms with Gasteiger partial charge in [-0.15, -0.1) is 0 Å². The number of carbonyl (C=O) groups is 1. The first-order valence-corrected chi connectivity index (χ1v) is 18.8. The van der Waals surface area contributed by atoms with Gasteiger partial charge in [-0.1, -0.05) is 36.4 Å². The first-order chi connectivity index (χ1) is 24.3. The Morgan fingerprint density at radius 1 is 1.10 bits per heavy atom. The van der Waals surface area contributed by atoms with E-state index in [2.05, 4.69) is 60.9 Å². The van der Waals surface area contributed by atoms with Gasteiger partial charge in [0.25, 0.3) is 0 Å². The number of nitrogens with two attached hydrogens (primary N) is 1. The minimum absolute atomic E-state index is 0.0947. The monoisotopic (exact) mass is 690 g/mol. The van der Waals surface area contributed by atoms with Crippen molar-refractivity contribution in [1.29, 1.82) is 0 Å². The molecule has 2 fully saturated rings. The first kappa shape index (κ1) is 36.5. The number of fused-ring (bicyclic) bond motifs is 1. The molecule has 2 aliphatic carbocycles. The zero-order valence-electron chi connectivity index (χ0n) is 29.7. The number of piperazine rings is 1. The van der Waals surface area contributed by atoms with Crippen LogP contribution in [0.2, 0.25) is 0 Å². The lowest BCUT2D eigenvalue weighted by Crippen LogP contribution is -2.57. The second-order valence-corrected chi connectivity index (χ2v) is 14.8. The number of alkyl halides is 2. The molecule has 50 heavy (non-hydrogen) atoms. The Morgan fingerprint density at radius 2 is 1.92 bits per heavy atom. The van der Waals surface area contributed by atoms with Crippen LogP contribution in [0.4, 0.5) is 8.78 Å². The number of nitrogens with one attached hydrogen (secondary N) is 1. The Hall–Kier alpha value is -3.25. The predicted molar refractivity (Wildman–Crippen MR) is 192 cm³/mol. The Kier molecular flexibility index (Phi) is 12.6. The molecule has 1 saturated heterocycles. The van der Waals surface area contributed by atoms with E-state index in [-0.39, 0.29) is 43.6 Å². The van der Waals surface area contributed by atoms with Crippen molar-refractivity contribution in [2.45, 2.75) is 94.8 Å². The number of aromatic nitrogens is 3. The van der Waals surface area contributed by atoms with Gasteiger partial charge in [-0.3, -0.25) is 19.6 Å². The van der Waals surface area contributed by atoms with Gasteiger partial charge < -0.3 is 20.5 Å². The number of halogens is 2. The maximum atomic E-state index is 13.9. The summed E-state index contributed by atoms with van der Waals surface area (Å²) in [6.45, 7) is 7.08. The Balaban J connectivity index is 1.17. The summed E-state index contributed by atoms with van der Waals surface area (Å²) in [5.74, 6) is -3.10. The van der Waals surface area contributed by atoms with Gasteiger partial charge >= 0.3 is 0 Å². The van der Waals surface area contributed by atoms with Crippen molar-refractivity contribution in [3.05, 3.63) is 83.7 Å². The SMILES string of the molecule is Cn1cncc1CN1CCN(CC[C@H](NC(=O)C2CCC(F)(F)CC2)c2ccccc2)C[C@@H]1CN(CCCCN)[C@H]1CCCc2cccnc21. The van der Waals surface area contributed by atoms with E-state index in [0.717, 1.165) is 83.5 Å². The number of carbonyl (C=O) groups excluding carboxylic acids is 1. The average Bonchev–Trinajstić information content (AvgIpc) is 3.54. The molecule has 6 rings (SSSR count). The largest absolute Gasteiger partial charge is 0.349 e. The second kappa shape index (κ2) is 17.3. The summed E-state index contributed by atoms with van der Waals surface area (Å²) in [5, 5.41) is 3.28. The summed E-state index contributed by atoms with van der Waals surface area (Å²) in [7, 11) is 2.06. The van der Waals surface area contributed by atoms with Crippen molar-refractivity contribution in [3.63, 3.8) is 0 Å². The molecule has 1 aliphatic heterocycles. The molecule has 11 heteroatoms. The molecule has 3 aromatic rings. The second-order valence-electron chi connectivity index (χ2n) is 14.8. The summed E-state index contributed by atoms with van der Waals surface area (Å²) in [6, 6.07) is 14.8. The zero-order valence-corrected chi connectivity index (χ0v) is 29.7. The number of hydrogen-bond acceptors (Lipinski definition) is 7. The molecular formula is C39H56F2N8O. The average molecular weight is 691 g/mol. The summed E-state index contributed by atoms with van der Waals surface area (Å²) in [5.41, 5.74) is 10.8. The normalized spacial score (nSPS) is 22.3. The van der Waals surface area contributed by atoms with E-state index in [1.54, 1.807) is 0 Å². The zero-order chi connectivity index (χ0) is 34.9. The highest BCUT2D eigenvalue weighted by molar-refractivity contribution is 5.79. The number of aryl methyl sites for hydroxylation is 2. The highest BCUT2D eigenvalue weighted by Gasteiger charge is 2.38. The highest BCUT2D eigenvalue weighted by Crippen LogP contribution is 2.37. The quantitative estimate of drug-likeness (QED) is 0.204. The molecule has 0 bridgehead atoms. The number of hydrogen-bond donors (Lipinski definition) is 2. The molecule has 0 unspecified atom stereocenters. The number of unbranched alkanes of at least 4 members (excludes halogenated alkanes) is 1. The van der Waals surface area contributed by atoms with E-state index in [1.165, 1.54) is 23.4 Å².